The molecule has 0 radical (unpaired) electrons. The van der Waals surface area contributed by atoms with E-state index >= 15 is 0 Å². The van der Waals surface area contributed by atoms with Gasteiger partial charge >= 0.3 is 0 Å². The van der Waals surface area contributed by atoms with Gasteiger partial charge < -0.3 is 9.84 Å². The second-order valence-electron chi connectivity index (χ2n) is 1.78. The smallest absolute Gasteiger partial charge is 0.293 e. The molecule has 0 aromatic rings. The summed E-state index contributed by atoms with van der Waals surface area (Å²) in [6.45, 7) is 4.92. The molecule has 0 amide bonds. The van der Waals surface area contributed by atoms with Crippen LogP contribution in [-0.4, -0.2) is 17.5 Å². The van der Waals surface area contributed by atoms with Crippen LogP contribution in [0.3, 0.4) is 0 Å². The normalized spacial score (nSPS) is 14.2. The van der Waals surface area contributed by atoms with Crippen molar-refractivity contribution in [3.63, 3.8) is 0 Å². The molecule has 0 aliphatic carbocycles. The molecule has 0 saturated carbocycles. The van der Waals surface area contributed by atoms with Crippen LogP contribution >= 0.6 is 0 Å². The van der Waals surface area contributed by atoms with Crippen LogP contribution in [0.5, 0.6) is 0 Å². The minimum Gasteiger partial charge on any atom is -0.350 e. The molecule has 0 fully saturated rings. The Bertz CT molecular complexity index is 236. The van der Waals surface area contributed by atoms with E-state index in [1.54, 1.807) is 13.0 Å². The number of hydrogen-bond donors (Lipinski definition) is 1. The van der Waals surface area contributed by atoms with E-state index in [1.807, 2.05) is 0 Å². The molecular weight excluding hydrogens is 144 g/mol. The lowest BCUT2D eigenvalue weighted by atomic mass is 10.1. The van der Waals surface area contributed by atoms with Gasteiger partial charge in [0.25, 0.3) is 5.79 Å². The highest BCUT2D eigenvalue weighted by Gasteiger charge is 2.31. The van der Waals surface area contributed by atoms with Gasteiger partial charge in [-0.1, -0.05) is 6.58 Å². The van der Waals surface area contributed by atoms with E-state index < -0.39 is 5.79 Å². The van der Waals surface area contributed by atoms with Gasteiger partial charge in [0.1, 0.15) is 12.1 Å². The third-order valence-corrected chi connectivity index (χ3v) is 1.05. The molecule has 0 aliphatic heterocycles. The summed E-state index contributed by atoms with van der Waals surface area (Å²) in [5.41, 5.74) is -0.304. The molecule has 0 aromatic heterocycles. The number of nitrogens with zero attached hydrogens (tertiary/aromatic N) is 2. The van der Waals surface area contributed by atoms with Gasteiger partial charge in [-0.15, -0.1) is 0 Å². The number of nitriles is 2. The third-order valence-electron chi connectivity index (χ3n) is 1.05. The maximum Gasteiger partial charge on any atom is 0.293 e. The Labute approximate surface area is 64.9 Å². The zero-order valence-corrected chi connectivity index (χ0v) is 6.16. The van der Waals surface area contributed by atoms with E-state index in [9.17, 15) is 5.11 Å². The van der Waals surface area contributed by atoms with Crippen LogP contribution in [0.1, 0.15) is 6.92 Å². The fourth-order valence-electron chi connectivity index (χ4n) is 0.472. The first-order valence-corrected chi connectivity index (χ1v) is 2.97. The largest absolute Gasteiger partial charge is 0.350 e. The Kier molecular flexibility index (Phi) is 3.26. The lowest BCUT2D eigenvalue weighted by Crippen LogP contribution is -2.31. The van der Waals surface area contributed by atoms with E-state index in [4.69, 9.17) is 10.5 Å². The first kappa shape index (κ1) is 9.64. The second kappa shape index (κ2) is 3.72. The molecule has 4 nitrogen and oxygen atoms in total. The van der Waals surface area contributed by atoms with Crippen molar-refractivity contribution in [3.05, 3.63) is 12.2 Å². The summed E-state index contributed by atoms with van der Waals surface area (Å²) >= 11 is 0. The standard InChI is InChI=1S/C7H8N2O2/c1-3-11-7(10,5-9)6(2)4-8/h10H,2-3H2,1H3. The Morgan fingerprint density at radius 2 is 2.27 bits per heavy atom. The molecular formula is C7H8N2O2. The van der Waals surface area contributed by atoms with Crippen LogP contribution in [0.15, 0.2) is 12.2 Å². The number of hydrogen-bond acceptors (Lipinski definition) is 4. The number of rotatable bonds is 3. The van der Waals surface area contributed by atoms with Crippen molar-refractivity contribution in [2.24, 2.45) is 0 Å². The van der Waals surface area contributed by atoms with E-state index in [2.05, 4.69) is 11.3 Å². The molecule has 1 atom stereocenters. The van der Waals surface area contributed by atoms with Gasteiger partial charge in [0.15, 0.2) is 0 Å². The number of aliphatic hydroxyl groups is 1. The molecule has 4 heteroatoms. The Balaban J connectivity index is 4.52. The average molecular weight is 152 g/mol. The van der Waals surface area contributed by atoms with E-state index in [0.29, 0.717) is 0 Å². The van der Waals surface area contributed by atoms with Gasteiger partial charge in [-0.25, -0.2) is 0 Å². The zero-order valence-electron chi connectivity index (χ0n) is 6.16. The molecule has 0 aromatic carbocycles. The Morgan fingerprint density at radius 3 is 2.55 bits per heavy atom. The molecule has 58 valence electrons. The van der Waals surface area contributed by atoms with Crippen LogP contribution in [0.4, 0.5) is 0 Å². The van der Waals surface area contributed by atoms with Crippen LogP contribution in [0, 0.1) is 22.7 Å². The van der Waals surface area contributed by atoms with Gasteiger partial charge in [-0.05, 0) is 6.92 Å². The lowest BCUT2D eigenvalue weighted by Gasteiger charge is -2.17. The summed E-state index contributed by atoms with van der Waals surface area (Å²) in [7, 11) is 0. The van der Waals surface area contributed by atoms with Crippen LogP contribution < -0.4 is 0 Å². The average Bonchev–Trinajstić information content (AvgIpc) is 2.03. The van der Waals surface area contributed by atoms with Crippen molar-refractivity contribution in [1.82, 2.24) is 0 Å². The second-order valence-corrected chi connectivity index (χ2v) is 1.78. The van der Waals surface area contributed by atoms with Crippen molar-refractivity contribution < 1.29 is 9.84 Å². The fraction of sp³-hybridized carbons (Fsp3) is 0.429. The lowest BCUT2D eigenvalue weighted by molar-refractivity contribution is -0.124. The molecule has 0 saturated heterocycles. The molecule has 0 bridgehead atoms. The van der Waals surface area contributed by atoms with Crippen LogP contribution in [-0.2, 0) is 4.74 Å². The highest BCUT2D eigenvalue weighted by molar-refractivity contribution is 5.31. The van der Waals surface area contributed by atoms with Gasteiger partial charge in [0.05, 0.1) is 5.57 Å². The van der Waals surface area contributed by atoms with Gasteiger partial charge in [-0.2, -0.15) is 10.5 Å². The molecule has 1 N–H and O–H groups in total. The van der Waals surface area contributed by atoms with Crippen molar-refractivity contribution in [2.45, 2.75) is 12.7 Å². The van der Waals surface area contributed by atoms with Crippen molar-refractivity contribution in [2.75, 3.05) is 6.61 Å². The van der Waals surface area contributed by atoms with Crippen molar-refractivity contribution in [1.29, 1.82) is 10.5 Å². The zero-order chi connectivity index (χ0) is 8.91. The molecule has 0 aliphatic rings. The van der Waals surface area contributed by atoms with Gasteiger partial charge in [0, 0.05) is 6.61 Å². The van der Waals surface area contributed by atoms with Gasteiger partial charge in [0.2, 0.25) is 0 Å². The van der Waals surface area contributed by atoms with Crippen LogP contribution in [0.25, 0.3) is 0 Å². The predicted octanol–water partition coefficient (Wildman–Crippen LogP) is 0.315. The summed E-state index contributed by atoms with van der Waals surface area (Å²) < 4.78 is 4.60. The molecule has 1 unspecified atom stereocenters. The quantitative estimate of drug-likeness (QED) is 0.359. The maximum absolute atomic E-state index is 9.18. The molecule has 0 rings (SSSR count). The summed E-state index contributed by atoms with van der Waals surface area (Å²) in [5.74, 6) is -2.15. The molecule has 0 heterocycles. The maximum atomic E-state index is 9.18. The van der Waals surface area contributed by atoms with Gasteiger partial charge in [-0.3, -0.25) is 0 Å². The van der Waals surface area contributed by atoms with E-state index in [0.717, 1.165) is 0 Å². The Morgan fingerprint density at radius 1 is 1.73 bits per heavy atom. The van der Waals surface area contributed by atoms with E-state index in [-0.39, 0.29) is 12.2 Å². The highest BCUT2D eigenvalue weighted by atomic mass is 16.6. The summed E-state index contributed by atoms with van der Waals surface area (Å²) in [6.07, 6.45) is 0. The summed E-state index contributed by atoms with van der Waals surface area (Å²) in [4.78, 5) is 0. The minimum atomic E-state index is -2.15. The van der Waals surface area contributed by atoms with Crippen molar-refractivity contribution >= 4 is 0 Å². The van der Waals surface area contributed by atoms with Crippen molar-refractivity contribution in [3.8, 4) is 12.1 Å². The summed E-state index contributed by atoms with van der Waals surface area (Å²) in [5, 5.41) is 25.9. The number of ether oxygens (including phenoxy) is 1. The first-order chi connectivity index (χ1) is 5.10. The minimum absolute atomic E-state index is 0.144. The van der Waals surface area contributed by atoms with Crippen LogP contribution in [0.2, 0.25) is 0 Å². The SMILES string of the molecule is C=C(C#N)C(O)(C#N)OCC. The fourth-order valence-corrected chi connectivity index (χ4v) is 0.472. The highest BCUT2D eigenvalue weighted by Crippen LogP contribution is 2.14. The Hall–Kier alpha value is -1.36. The predicted molar refractivity (Wildman–Crippen MR) is 36.9 cm³/mol. The summed E-state index contributed by atoms with van der Waals surface area (Å²) in [6, 6.07) is 2.99. The first-order valence-electron chi connectivity index (χ1n) is 2.97. The molecule has 0 spiro atoms. The third kappa shape index (κ3) is 2.05. The monoisotopic (exact) mass is 152 g/mol. The topological polar surface area (TPSA) is 77.0 Å². The van der Waals surface area contributed by atoms with E-state index in [1.165, 1.54) is 6.07 Å². The molecule has 11 heavy (non-hydrogen) atoms.